The first-order valence-corrected chi connectivity index (χ1v) is 14.4. The second-order valence-corrected chi connectivity index (χ2v) is 12.7. The van der Waals surface area contributed by atoms with Gasteiger partial charge in [-0.2, -0.15) is 0 Å². The predicted molar refractivity (Wildman–Crippen MR) is 154 cm³/mol. The number of hydrogen-bond acceptors (Lipinski definition) is 4. The third kappa shape index (κ3) is 6.29. The summed E-state index contributed by atoms with van der Waals surface area (Å²) in [5.41, 5.74) is -0.347. The second kappa shape index (κ2) is 11.7. The van der Waals surface area contributed by atoms with E-state index in [9.17, 15) is 19.5 Å². The van der Waals surface area contributed by atoms with Crippen LogP contribution in [0.5, 0.6) is 0 Å². The summed E-state index contributed by atoms with van der Waals surface area (Å²) in [6, 6.07) is 10.9. The number of benzene rings is 1. The van der Waals surface area contributed by atoms with Gasteiger partial charge in [0.1, 0.15) is 0 Å². The molecule has 0 bridgehead atoms. The van der Waals surface area contributed by atoms with E-state index in [0.29, 0.717) is 36.6 Å². The van der Waals surface area contributed by atoms with Crippen LogP contribution >= 0.6 is 0 Å². The monoisotopic (exact) mass is 535 g/mol. The molecule has 2 aliphatic rings. The molecule has 2 fully saturated rings. The van der Waals surface area contributed by atoms with Crippen molar-refractivity contribution in [1.29, 1.82) is 0 Å². The van der Waals surface area contributed by atoms with Crippen LogP contribution in [0.2, 0.25) is 0 Å². The number of piperidine rings is 1. The normalized spacial score (nSPS) is 22.4. The van der Waals surface area contributed by atoms with Crippen LogP contribution in [0.1, 0.15) is 76.1 Å². The van der Waals surface area contributed by atoms with Crippen molar-refractivity contribution < 1.29 is 14.7 Å². The highest BCUT2D eigenvalue weighted by Gasteiger charge is 2.49. The molecule has 0 spiro atoms. The highest BCUT2D eigenvalue weighted by atomic mass is 16.3. The van der Waals surface area contributed by atoms with E-state index in [1.54, 1.807) is 20.3 Å². The first kappa shape index (κ1) is 29.1. The Morgan fingerprint density at radius 3 is 2.38 bits per heavy atom. The van der Waals surface area contributed by atoms with Crippen molar-refractivity contribution in [1.82, 2.24) is 14.4 Å². The first-order chi connectivity index (χ1) is 18.4. The minimum atomic E-state index is -1.22. The third-order valence-corrected chi connectivity index (χ3v) is 9.07. The molecule has 1 saturated carbocycles. The van der Waals surface area contributed by atoms with E-state index >= 15 is 0 Å². The lowest BCUT2D eigenvalue weighted by Crippen LogP contribution is -2.61. The van der Waals surface area contributed by atoms with Gasteiger partial charge in [0.2, 0.25) is 5.91 Å². The molecule has 2 aromatic rings. The van der Waals surface area contributed by atoms with Crippen molar-refractivity contribution in [2.45, 2.75) is 77.9 Å². The summed E-state index contributed by atoms with van der Waals surface area (Å²) >= 11 is 0. The molecule has 1 N–H and O–H groups in total. The van der Waals surface area contributed by atoms with Crippen LogP contribution in [0.15, 0.2) is 47.4 Å². The standard InChI is InChI=1S/C32H45N3O4/c1-23(18-24-12-8-6-9-13-24)29(37)34-17-16-32(39,31(2,3)21-34)22-35-20-27(30(38)33(4)5)26(19-28(35)36)25-14-10-7-11-15-25/h7,10-11,14-15,19-20,23-24,39H,6,8-9,12-13,16-18,21-22H2,1-5H3/t23-,32-/m1/s1. The zero-order valence-electron chi connectivity index (χ0n) is 24.3. The number of pyridine rings is 1. The van der Waals surface area contributed by atoms with E-state index in [0.717, 1.165) is 12.0 Å². The highest BCUT2D eigenvalue weighted by Crippen LogP contribution is 2.41. The van der Waals surface area contributed by atoms with Crippen LogP contribution in [0, 0.1) is 17.3 Å². The topological polar surface area (TPSA) is 82.8 Å². The molecular formula is C32H45N3O4. The van der Waals surface area contributed by atoms with Gasteiger partial charge in [-0.1, -0.05) is 83.2 Å². The van der Waals surface area contributed by atoms with Crippen molar-refractivity contribution >= 4 is 11.8 Å². The summed E-state index contributed by atoms with van der Waals surface area (Å²) in [4.78, 5) is 43.2. The van der Waals surface area contributed by atoms with Gasteiger partial charge < -0.3 is 19.5 Å². The van der Waals surface area contributed by atoms with Gasteiger partial charge in [0.25, 0.3) is 11.5 Å². The van der Waals surface area contributed by atoms with Gasteiger partial charge in [0, 0.05) is 56.3 Å². The van der Waals surface area contributed by atoms with E-state index < -0.39 is 11.0 Å². The van der Waals surface area contributed by atoms with Gasteiger partial charge >= 0.3 is 0 Å². The predicted octanol–water partition coefficient (Wildman–Crippen LogP) is 4.81. The Morgan fingerprint density at radius 1 is 1.10 bits per heavy atom. The van der Waals surface area contributed by atoms with Crippen molar-refractivity contribution in [3.8, 4) is 11.1 Å². The van der Waals surface area contributed by atoms with E-state index in [-0.39, 0.29) is 29.8 Å². The fraction of sp³-hybridized carbons (Fsp3) is 0.594. The lowest BCUT2D eigenvalue weighted by molar-refractivity contribution is -0.157. The molecule has 212 valence electrons. The summed E-state index contributed by atoms with van der Waals surface area (Å²) in [7, 11) is 3.37. The molecule has 4 rings (SSSR count). The van der Waals surface area contributed by atoms with Crippen LogP contribution < -0.4 is 5.56 Å². The van der Waals surface area contributed by atoms with E-state index in [4.69, 9.17) is 0 Å². The lowest BCUT2D eigenvalue weighted by atomic mass is 9.69. The Labute approximate surface area is 232 Å². The van der Waals surface area contributed by atoms with Crippen molar-refractivity contribution in [2.24, 2.45) is 17.3 Å². The smallest absolute Gasteiger partial charge is 0.255 e. The minimum absolute atomic E-state index is 0.0251. The Bertz CT molecular complexity index is 1230. The van der Waals surface area contributed by atoms with Gasteiger partial charge in [0.15, 0.2) is 0 Å². The number of aromatic nitrogens is 1. The molecule has 1 aromatic carbocycles. The second-order valence-electron chi connectivity index (χ2n) is 12.7. The molecule has 7 nitrogen and oxygen atoms in total. The van der Waals surface area contributed by atoms with Gasteiger partial charge in [-0.05, 0) is 24.3 Å². The van der Waals surface area contributed by atoms with Gasteiger partial charge in [0.05, 0.1) is 17.7 Å². The molecule has 1 aliphatic heterocycles. The van der Waals surface area contributed by atoms with Crippen molar-refractivity contribution in [2.75, 3.05) is 27.2 Å². The number of rotatable bonds is 7. The molecular weight excluding hydrogens is 490 g/mol. The maximum Gasteiger partial charge on any atom is 0.255 e. The SMILES string of the molecule is C[C@H](CC1CCCCC1)C(=O)N1CC[C@@](O)(Cn2cc(C(=O)N(C)C)c(-c3ccccc3)cc2=O)C(C)(C)C1. The number of amides is 2. The molecule has 7 heteroatoms. The number of hydrogen-bond donors (Lipinski definition) is 1. The molecule has 1 aliphatic carbocycles. The maximum atomic E-state index is 13.4. The summed E-state index contributed by atoms with van der Waals surface area (Å²) in [5.74, 6) is 0.570. The van der Waals surface area contributed by atoms with Crippen LogP contribution in [-0.4, -0.2) is 64.1 Å². The maximum absolute atomic E-state index is 13.4. The van der Waals surface area contributed by atoms with Crippen LogP contribution in [-0.2, 0) is 11.3 Å². The van der Waals surface area contributed by atoms with E-state index in [2.05, 4.69) is 0 Å². The summed E-state index contributed by atoms with van der Waals surface area (Å²) < 4.78 is 1.47. The average molecular weight is 536 g/mol. The van der Waals surface area contributed by atoms with Gasteiger partial charge in [-0.25, -0.2) is 0 Å². The third-order valence-electron chi connectivity index (χ3n) is 9.07. The Balaban J connectivity index is 1.54. The number of carbonyl (C=O) groups is 2. The molecule has 39 heavy (non-hydrogen) atoms. The molecule has 2 amide bonds. The Hall–Kier alpha value is -2.93. The summed E-state index contributed by atoms with van der Waals surface area (Å²) in [6.45, 7) is 6.91. The van der Waals surface area contributed by atoms with Gasteiger partial charge in [-0.15, -0.1) is 0 Å². The molecule has 0 radical (unpaired) electrons. The zero-order chi connectivity index (χ0) is 28.4. The van der Waals surface area contributed by atoms with Crippen LogP contribution in [0.3, 0.4) is 0 Å². The molecule has 2 atom stereocenters. The quantitative estimate of drug-likeness (QED) is 0.552. The number of likely N-dealkylation sites (tertiary alicyclic amines) is 1. The van der Waals surface area contributed by atoms with E-state index in [1.165, 1.54) is 47.6 Å². The van der Waals surface area contributed by atoms with Crippen molar-refractivity contribution in [3.05, 3.63) is 58.5 Å². The highest BCUT2D eigenvalue weighted by molar-refractivity contribution is 6.00. The first-order valence-electron chi connectivity index (χ1n) is 14.4. The molecule has 0 unspecified atom stereocenters. The lowest BCUT2D eigenvalue weighted by Gasteiger charge is -2.51. The number of nitrogens with zero attached hydrogens (tertiary/aromatic N) is 3. The van der Waals surface area contributed by atoms with Crippen molar-refractivity contribution in [3.63, 3.8) is 0 Å². The number of aliphatic hydroxyl groups is 1. The summed E-state index contributed by atoms with van der Waals surface area (Å²) in [6.07, 6.45) is 9.17. The fourth-order valence-corrected chi connectivity index (χ4v) is 6.42. The summed E-state index contributed by atoms with van der Waals surface area (Å²) in [5, 5.41) is 11.9. The largest absolute Gasteiger partial charge is 0.387 e. The average Bonchev–Trinajstić information content (AvgIpc) is 2.91. The van der Waals surface area contributed by atoms with Gasteiger partial charge in [-0.3, -0.25) is 14.4 Å². The zero-order valence-corrected chi connectivity index (χ0v) is 24.3. The Kier molecular flexibility index (Phi) is 8.69. The van der Waals surface area contributed by atoms with Crippen LogP contribution in [0.25, 0.3) is 11.1 Å². The Morgan fingerprint density at radius 2 is 1.77 bits per heavy atom. The fourth-order valence-electron chi connectivity index (χ4n) is 6.42. The minimum Gasteiger partial charge on any atom is -0.387 e. The van der Waals surface area contributed by atoms with E-state index in [1.807, 2.05) is 56.0 Å². The molecule has 1 saturated heterocycles. The van der Waals surface area contributed by atoms with Crippen LogP contribution in [0.4, 0.5) is 0 Å². The molecule has 2 heterocycles. The number of carbonyl (C=O) groups excluding carboxylic acids is 2. The molecule has 1 aromatic heterocycles.